The van der Waals surface area contributed by atoms with Gasteiger partial charge >= 0.3 is 0 Å². The van der Waals surface area contributed by atoms with E-state index in [-0.39, 0.29) is 18.3 Å². The Morgan fingerprint density at radius 1 is 1.10 bits per heavy atom. The Morgan fingerprint density at radius 3 is 2.40 bits per heavy atom. The Hall–Kier alpha value is -2.12. The summed E-state index contributed by atoms with van der Waals surface area (Å²) in [5.41, 5.74) is 1.29. The molecule has 1 amide bonds. The first kappa shape index (κ1) is 14.3. The third-order valence-electron chi connectivity index (χ3n) is 2.52. The lowest BCUT2D eigenvalue weighted by Gasteiger charge is -2.01. The van der Waals surface area contributed by atoms with Crippen molar-refractivity contribution in [3.63, 3.8) is 0 Å². The van der Waals surface area contributed by atoms with Gasteiger partial charge in [0.15, 0.2) is 0 Å². The van der Waals surface area contributed by atoms with Crippen LogP contribution in [0.2, 0.25) is 0 Å². The van der Waals surface area contributed by atoms with Crippen LogP contribution in [-0.4, -0.2) is 12.5 Å². The fraction of sp³-hybridized carbons (Fsp3) is 0.0625. The summed E-state index contributed by atoms with van der Waals surface area (Å²) < 4.78 is 13.6. The van der Waals surface area contributed by atoms with Crippen molar-refractivity contribution in [2.24, 2.45) is 0 Å². The van der Waals surface area contributed by atoms with Gasteiger partial charge < -0.3 is 5.32 Å². The molecule has 0 unspecified atom stereocenters. The van der Waals surface area contributed by atoms with E-state index in [1.165, 1.54) is 12.1 Å². The highest BCUT2D eigenvalue weighted by molar-refractivity contribution is 9.10. The normalized spacial score (nSPS) is 9.50. The van der Waals surface area contributed by atoms with E-state index in [0.717, 1.165) is 4.47 Å². The summed E-state index contributed by atoms with van der Waals surface area (Å²) in [6.45, 7) is 0.242. The Kier molecular flexibility index (Phi) is 4.91. The number of halogens is 2. The highest BCUT2D eigenvalue weighted by Crippen LogP contribution is 2.10. The Balaban J connectivity index is 1.88. The van der Waals surface area contributed by atoms with Crippen molar-refractivity contribution in [2.75, 3.05) is 6.54 Å². The molecule has 20 heavy (non-hydrogen) atoms. The molecule has 2 aromatic carbocycles. The smallest absolute Gasteiger partial charge is 0.252 e. The lowest BCUT2D eigenvalue weighted by molar-refractivity contribution is 0.0958. The molecule has 0 aliphatic rings. The molecule has 2 nitrogen and oxygen atoms in total. The predicted molar refractivity (Wildman–Crippen MR) is 79.8 cm³/mol. The van der Waals surface area contributed by atoms with Gasteiger partial charge in [0.25, 0.3) is 5.91 Å². The van der Waals surface area contributed by atoms with E-state index in [2.05, 4.69) is 33.1 Å². The minimum Gasteiger partial charge on any atom is -0.341 e. The van der Waals surface area contributed by atoms with Crippen molar-refractivity contribution >= 4 is 21.8 Å². The zero-order valence-electron chi connectivity index (χ0n) is 10.5. The Bertz CT molecular complexity index is 654. The molecule has 4 heteroatoms. The van der Waals surface area contributed by atoms with E-state index in [4.69, 9.17) is 0 Å². The van der Waals surface area contributed by atoms with Crippen LogP contribution < -0.4 is 5.32 Å². The van der Waals surface area contributed by atoms with Gasteiger partial charge in [-0.2, -0.15) is 0 Å². The highest BCUT2D eigenvalue weighted by Gasteiger charge is 2.02. The maximum atomic E-state index is 12.7. The number of amides is 1. The van der Waals surface area contributed by atoms with Crippen LogP contribution in [0, 0.1) is 17.7 Å². The molecule has 0 atom stereocenters. The predicted octanol–water partition coefficient (Wildman–Crippen LogP) is 3.37. The molecule has 0 bridgehead atoms. The van der Waals surface area contributed by atoms with E-state index in [0.29, 0.717) is 11.1 Å². The lowest BCUT2D eigenvalue weighted by atomic mass is 10.2. The molecule has 2 rings (SSSR count). The number of hydrogen-bond donors (Lipinski definition) is 1. The van der Waals surface area contributed by atoms with Crippen molar-refractivity contribution in [2.45, 2.75) is 0 Å². The third-order valence-corrected chi connectivity index (χ3v) is 3.05. The maximum Gasteiger partial charge on any atom is 0.252 e. The second kappa shape index (κ2) is 6.88. The average molecular weight is 332 g/mol. The molecular weight excluding hydrogens is 321 g/mol. The number of benzene rings is 2. The molecule has 0 saturated heterocycles. The van der Waals surface area contributed by atoms with Gasteiger partial charge in [-0.15, -0.1) is 0 Å². The second-order valence-corrected chi connectivity index (χ2v) is 4.91. The molecule has 0 saturated carbocycles. The number of nitrogens with one attached hydrogen (secondary N) is 1. The molecule has 0 fully saturated rings. The monoisotopic (exact) mass is 331 g/mol. The van der Waals surface area contributed by atoms with E-state index >= 15 is 0 Å². The van der Waals surface area contributed by atoms with Crippen molar-refractivity contribution in [3.8, 4) is 11.8 Å². The van der Waals surface area contributed by atoms with Gasteiger partial charge in [0.05, 0.1) is 6.54 Å². The van der Waals surface area contributed by atoms with Crippen molar-refractivity contribution < 1.29 is 9.18 Å². The third kappa shape index (κ3) is 4.22. The number of hydrogen-bond acceptors (Lipinski definition) is 1. The van der Waals surface area contributed by atoms with Crippen LogP contribution in [0.3, 0.4) is 0 Å². The standard InChI is InChI=1S/C16H11BrFNO/c17-14-7-5-13(6-8-14)16(20)19-11-1-2-12-3-9-15(18)10-4-12/h3-10H,11H2,(H,19,20). The summed E-state index contributed by atoms with van der Waals surface area (Å²) >= 11 is 3.31. The molecule has 2 aromatic rings. The zero-order valence-corrected chi connectivity index (χ0v) is 12.1. The van der Waals surface area contributed by atoms with Gasteiger partial charge in [0, 0.05) is 15.6 Å². The summed E-state index contributed by atoms with van der Waals surface area (Å²) in [6.07, 6.45) is 0. The summed E-state index contributed by atoms with van der Waals surface area (Å²) in [6, 6.07) is 13.0. The fourth-order valence-electron chi connectivity index (χ4n) is 1.51. The van der Waals surface area contributed by atoms with Crippen LogP contribution in [0.25, 0.3) is 0 Å². The van der Waals surface area contributed by atoms with Crippen molar-refractivity contribution in [1.29, 1.82) is 0 Å². The lowest BCUT2D eigenvalue weighted by Crippen LogP contribution is -2.23. The summed E-state index contributed by atoms with van der Waals surface area (Å²) in [5.74, 6) is 5.20. The molecule has 0 spiro atoms. The molecule has 0 aromatic heterocycles. The first-order chi connectivity index (χ1) is 9.65. The molecule has 0 aliphatic heterocycles. The van der Waals surface area contributed by atoms with Gasteiger partial charge in [-0.25, -0.2) is 4.39 Å². The SMILES string of the molecule is O=C(NCC#Cc1ccc(F)cc1)c1ccc(Br)cc1. The Morgan fingerprint density at radius 2 is 1.75 bits per heavy atom. The van der Waals surface area contributed by atoms with Crippen molar-refractivity contribution in [3.05, 3.63) is 69.9 Å². The molecule has 100 valence electrons. The van der Waals surface area contributed by atoms with Crippen molar-refractivity contribution in [1.82, 2.24) is 5.32 Å². The number of carbonyl (C=O) groups is 1. The van der Waals surface area contributed by atoms with Crippen LogP contribution in [0.5, 0.6) is 0 Å². The maximum absolute atomic E-state index is 12.7. The first-order valence-corrected chi connectivity index (χ1v) is 6.72. The van der Waals surface area contributed by atoms with Crippen LogP contribution in [0.15, 0.2) is 53.0 Å². The van der Waals surface area contributed by atoms with Gasteiger partial charge in [0.1, 0.15) is 5.82 Å². The molecule has 0 radical (unpaired) electrons. The topological polar surface area (TPSA) is 29.1 Å². The average Bonchev–Trinajstić information content (AvgIpc) is 2.46. The molecule has 0 heterocycles. The van der Waals surface area contributed by atoms with E-state index in [1.807, 2.05) is 0 Å². The van der Waals surface area contributed by atoms with Crippen LogP contribution in [-0.2, 0) is 0 Å². The minimum absolute atomic E-state index is 0.175. The zero-order chi connectivity index (χ0) is 14.4. The molecule has 0 aliphatic carbocycles. The largest absolute Gasteiger partial charge is 0.341 e. The highest BCUT2D eigenvalue weighted by atomic mass is 79.9. The summed E-state index contributed by atoms with van der Waals surface area (Å²) in [5, 5.41) is 2.70. The molecular formula is C16H11BrFNO. The van der Waals surface area contributed by atoms with Gasteiger partial charge in [-0.05, 0) is 48.5 Å². The fourth-order valence-corrected chi connectivity index (χ4v) is 1.77. The quantitative estimate of drug-likeness (QED) is 0.840. The number of carbonyl (C=O) groups excluding carboxylic acids is 1. The van der Waals surface area contributed by atoms with E-state index in [9.17, 15) is 9.18 Å². The summed E-state index contributed by atoms with van der Waals surface area (Å²) in [7, 11) is 0. The van der Waals surface area contributed by atoms with Crippen LogP contribution in [0.4, 0.5) is 4.39 Å². The number of rotatable bonds is 2. The minimum atomic E-state index is -0.293. The Labute approximate surface area is 125 Å². The van der Waals surface area contributed by atoms with Crippen LogP contribution in [0.1, 0.15) is 15.9 Å². The first-order valence-electron chi connectivity index (χ1n) is 5.93. The van der Waals surface area contributed by atoms with Gasteiger partial charge in [-0.1, -0.05) is 27.8 Å². The van der Waals surface area contributed by atoms with E-state index < -0.39 is 0 Å². The second-order valence-electron chi connectivity index (χ2n) is 4.00. The molecule has 1 N–H and O–H groups in total. The van der Waals surface area contributed by atoms with Gasteiger partial charge in [-0.3, -0.25) is 4.79 Å². The summed E-state index contributed by atoms with van der Waals surface area (Å²) in [4.78, 5) is 11.8. The van der Waals surface area contributed by atoms with E-state index in [1.54, 1.807) is 36.4 Å². The van der Waals surface area contributed by atoms with Crippen LogP contribution >= 0.6 is 15.9 Å². The van der Waals surface area contributed by atoms with Gasteiger partial charge in [0.2, 0.25) is 0 Å².